The predicted molar refractivity (Wildman–Crippen MR) is 109 cm³/mol. The number of hydrogen-bond acceptors (Lipinski definition) is 6. The zero-order valence-corrected chi connectivity index (χ0v) is 17.5. The van der Waals surface area contributed by atoms with Crippen LogP contribution in [0.4, 0.5) is 5.69 Å². The van der Waals surface area contributed by atoms with Crippen LogP contribution in [-0.4, -0.2) is 50.0 Å². The highest BCUT2D eigenvalue weighted by molar-refractivity contribution is 5.92. The molecule has 7 heteroatoms. The molecular weight excluding hydrogens is 360 g/mol. The third-order valence-electron chi connectivity index (χ3n) is 4.08. The van der Waals surface area contributed by atoms with Gasteiger partial charge in [-0.1, -0.05) is 39.8 Å². The van der Waals surface area contributed by atoms with Crippen LogP contribution in [0, 0.1) is 0 Å². The Morgan fingerprint density at radius 2 is 1.79 bits per heavy atom. The Morgan fingerprint density at radius 3 is 2.36 bits per heavy atom. The molecule has 0 aliphatic rings. The first-order valence-electron chi connectivity index (χ1n) is 9.80. The molecule has 158 valence electrons. The SMILES string of the molecule is CCC(=O)N(NCCCOCCC(=O)OCCO)c1ccc(C(C)(C)C)cc1. The van der Waals surface area contributed by atoms with Crippen LogP contribution in [0.5, 0.6) is 0 Å². The van der Waals surface area contributed by atoms with Crippen LogP contribution in [0.2, 0.25) is 0 Å². The topological polar surface area (TPSA) is 88.1 Å². The number of hydrazine groups is 1. The average molecular weight is 395 g/mol. The monoisotopic (exact) mass is 394 g/mol. The highest BCUT2D eigenvalue weighted by Gasteiger charge is 2.16. The maximum absolute atomic E-state index is 12.3. The molecule has 2 N–H and O–H groups in total. The largest absolute Gasteiger partial charge is 0.463 e. The van der Waals surface area contributed by atoms with Gasteiger partial charge in [0.15, 0.2) is 0 Å². The summed E-state index contributed by atoms with van der Waals surface area (Å²) in [6.07, 6.45) is 1.26. The van der Waals surface area contributed by atoms with Gasteiger partial charge in [-0.25, -0.2) is 10.4 Å². The van der Waals surface area contributed by atoms with Crippen molar-refractivity contribution < 1.29 is 24.2 Å². The van der Waals surface area contributed by atoms with Crippen LogP contribution < -0.4 is 10.4 Å². The standard InChI is InChI=1S/C21H34N2O5/c1-5-19(25)23(18-9-7-17(8-10-18)21(2,3)4)22-12-6-14-27-15-11-20(26)28-16-13-24/h7-10,22,24H,5-6,11-16H2,1-4H3. The fourth-order valence-corrected chi connectivity index (χ4v) is 2.45. The Kier molecular flexibility index (Phi) is 10.7. The number of rotatable bonds is 12. The summed E-state index contributed by atoms with van der Waals surface area (Å²) in [5.41, 5.74) is 5.25. The highest BCUT2D eigenvalue weighted by atomic mass is 16.5. The molecule has 0 bridgehead atoms. The molecule has 0 aliphatic carbocycles. The van der Waals surface area contributed by atoms with Crippen LogP contribution in [0.1, 0.15) is 52.5 Å². The van der Waals surface area contributed by atoms with Crippen LogP contribution >= 0.6 is 0 Å². The van der Waals surface area contributed by atoms with Crippen molar-refractivity contribution in [2.24, 2.45) is 0 Å². The van der Waals surface area contributed by atoms with Gasteiger partial charge in [-0.05, 0) is 29.5 Å². The van der Waals surface area contributed by atoms with E-state index >= 15 is 0 Å². The second-order valence-electron chi connectivity index (χ2n) is 7.45. The molecule has 0 heterocycles. The van der Waals surface area contributed by atoms with Crippen molar-refractivity contribution >= 4 is 17.6 Å². The highest BCUT2D eigenvalue weighted by Crippen LogP contribution is 2.24. The van der Waals surface area contributed by atoms with E-state index in [9.17, 15) is 9.59 Å². The van der Waals surface area contributed by atoms with Crippen molar-refractivity contribution in [1.29, 1.82) is 0 Å². The van der Waals surface area contributed by atoms with Crippen molar-refractivity contribution in [3.05, 3.63) is 29.8 Å². The molecule has 0 unspecified atom stereocenters. The Bertz CT molecular complexity index is 596. The summed E-state index contributed by atoms with van der Waals surface area (Å²) in [6.45, 7) is 9.45. The molecule has 7 nitrogen and oxygen atoms in total. The van der Waals surface area contributed by atoms with Crippen molar-refractivity contribution in [2.45, 2.75) is 52.4 Å². The third kappa shape index (κ3) is 8.82. The van der Waals surface area contributed by atoms with Gasteiger partial charge < -0.3 is 14.6 Å². The molecular formula is C21H34N2O5. The van der Waals surface area contributed by atoms with Crippen molar-refractivity contribution in [3.8, 4) is 0 Å². The van der Waals surface area contributed by atoms with Gasteiger partial charge in [-0.3, -0.25) is 9.59 Å². The number of amides is 1. The molecule has 0 spiro atoms. The number of nitrogens with one attached hydrogen (secondary N) is 1. The van der Waals surface area contributed by atoms with E-state index < -0.39 is 0 Å². The van der Waals surface area contributed by atoms with E-state index in [-0.39, 0.29) is 43.5 Å². The number of carbonyl (C=O) groups excluding carboxylic acids is 2. The average Bonchev–Trinajstić information content (AvgIpc) is 2.67. The van der Waals surface area contributed by atoms with Gasteiger partial charge in [-0.2, -0.15) is 0 Å². The number of aliphatic hydroxyl groups excluding tert-OH is 1. The number of esters is 1. The van der Waals surface area contributed by atoms with E-state index in [2.05, 4.69) is 26.2 Å². The summed E-state index contributed by atoms with van der Waals surface area (Å²) in [4.78, 5) is 23.5. The number of nitrogens with zero attached hydrogens (tertiary/aromatic N) is 1. The second kappa shape index (κ2) is 12.5. The van der Waals surface area contributed by atoms with Crippen LogP contribution in [0.15, 0.2) is 24.3 Å². The first-order valence-corrected chi connectivity index (χ1v) is 9.80. The van der Waals surface area contributed by atoms with Crippen molar-refractivity contribution in [3.63, 3.8) is 0 Å². The Morgan fingerprint density at radius 1 is 1.11 bits per heavy atom. The maximum Gasteiger partial charge on any atom is 0.308 e. The Balaban J connectivity index is 2.41. The number of hydrogen-bond donors (Lipinski definition) is 2. The number of benzene rings is 1. The van der Waals surface area contributed by atoms with Gasteiger partial charge in [0.1, 0.15) is 6.61 Å². The van der Waals surface area contributed by atoms with Gasteiger partial charge in [0, 0.05) is 19.6 Å². The number of carbonyl (C=O) groups is 2. The van der Waals surface area contributed by atoms with Gasteiger partial charge in [0.25, 0.3) is 0 Å². The number of anilines is 1. The van der Waals surface area contributed by atoms with E-state index in [1.54, 1.807) is 5.01 Å². The van der Waals surface area contributed by atoms with Gasteiger partial charge >= 0.3 is 5.97 Å². The van der Waals surface area contributed by atoms with E-state index in [0.717, 1.165) is 5.69 Å². The molecule has 0 fully saturated rings. The van der Waals surface area contributed by atoms with Gasteiger partial charge in [0.05, 0.1) is 25.3 Å². The van der Waals surface area contributed by atoms with Crippen molar-refractivity contribution in [2.75, 3.05) is 38.0 Å². The number of aliphatic hydroxyl groups is 1. The van der Waals surface area contributed by atoms with Gasteiger partial charge in [0.2, 0.25) is 5.91 Å². The molecule has 0 atom stereocenters. The second-order valence-corrected chi connectivity index (χ2v) is 7.45. The molecule has 0 saturated carbocycles. The smallest absolute Gasteiger partial charge is 0.308 e. The van der Waals surface area contributed by atoms with E-state index in [1.165, 1.54) is 5.56 Å². The van der Waals surface area contributed by atoms with Crippen molar-refractivity contribution in [1.82, 2.24) is 5.43 Å². The fraction of sp³-hybridized carbons (Fsp3) is 0.619. The summed E-state index contributed by atoms with van der Waals surface area (Å²) < 4.78 is 10.1. The van der Waals surface area contributed by atoms with E-state index in [0.29, 0.717) is 26.0 Å². The predicted octanol–water partition coefficient (Wildman–Crippen LogP) is 2.56. The zero-order chi connectivity index (χ0) is 21.0. The Hall–Kier alpha value is -1.96. The molecule has 0 aliphatic heterocycles. The summed E-state index contributed by atoms with van der Waals surface area (Å²) in [5, 5.41) is 10.2. The molecule has 0 aromatic heterocycles. The third-order valence-corrected chi connectivity index (χ3v) is 4.08. The van der Waals surface area contributed by atoms with Gasteiger partial charge in [-0.15, -0.1) is 0 Å². The minimum atomic E-state index is -0.384. The molecule has 1 aromatic carbocycles. The maximum atomic E-state index is 12.3. The summed E-state index contributed by atoms with van der Waals surface area (Å²) >= 11 is 0. The van der Waals surface area contributed by atoms with Crippen LogP contribution in [0.3, 0.4) is 0 Å². The van der Waals surface area contributed by atoms with E-state index in [1.807, 2.05) is 31.2 Å². The summed E-state index contributed by atoms with van der Waals surface area (Å²) in [6, 6.07) is 8.00. The molecule has 1 aromatic rings. The zero-order valence-electron chi connectivity index (χ0n) is 17.5. The lowest BCUT2D eigenvalue weighted by Crippen LogP contribution is -2.43. The molecule has 1 amide bonds. The first-order chi connectivity index (χ1) is 13.3. The minimum Gasteiger partial charge on any atom is -0.463 e. The Labute approximate surface area is 168 Å². The molecule has 1 rings (SSSR count). The molecule has 28 heavy (non-hydrogen) atoms. The normalized spacial score (nSPS) is 11.3. The van der Waals surface area contributed by atoms with Crippen LogP contribution in [0.25, 0.3) is 0 Å². The van der Waals surface area contributed by atoms with Crippen LogP contribution in [-0.2, 0) is 24.5 Å². The molecule has 0 saturated heterocycles. The quantitative estimate of drug-likeness (QED) is 0.322. The number of ether oxygens (including phenoxy) is 2. The molecule has 0 radical (unpaired) electrons. The summed E-state index contributed by atoms with van der Waals surface area (Å²) in [7, 11) is 0. The van der Waals surface area contributed by atoms with E-state index in [4.69, 9.17) is 14.6 Å². The fourth-order valence-electron chi connectivity index (χ4n) is 2.45. The lowest BCUT2D eigenvalue weighted by atomic mass is 9.87. The summed E-state index contributed by atoms with van der Waals surface area (Å²) in [5.74, 6) is -0.387. The lowest BCUT2D eigenvalue weighted by Gasteiger charge is -2.25. The lowest BCUT2D eigenvalue weighted by molar-refractivity contribution is -0.145. The first kappa shape index (κ1) is 24.1. The minimum absolute atomic E-state index is 0.00365.